The number of anilines is 1. The van der Waals surface area contributed by atoms with Crippen LogP contribution in [0.25, 0.3) is 11.3 Å². The Bertz CT molecular complexity index is 1020. The van der Waals surface area contributed by atoms with Gasteiger partial charge in [0.1, 0.15) is 11.9 Å². The molecule has 1 aromatic heterocycles. The van der Waals surface area contributed by atoms with E-state index in [9.17, 15) is 23.6 Å². The molecule has 1 saturated heterocycles. The highest BCUT2D eigenvalue weighted by Crippen LogP contribution is 2.31. The van der Waals surface area contributed by atoms with Gasteiger partial charge in [0.15, 0.2) is 0 Å². The number of rotatable bonds is 7. The van der Waals surface area contributed by atoms with Crippen LogP contribution in [0.4, 0.5) is 14.5 Å². The van der Waals surface area contributed by atoms with Gasteiger partial charge >= 0.3 is 0 Å². The molecule has 1 amide bonds. The van der Waals surface area contributed by atoms with Crippen LogP contribution >= 0.6 is 0 Å². The molecule has 1 aliphatic heterocycles. The lowest BCUT2D eigenvalue weighted by Gasteiger charge is -2.38. The maximum absolute atomic E-state index is 12.9. The Labute approximate surface area is 171 Å². The summed E-state index contributed by atoms with van der Waals surface area (Å²) in [6.45, 7) is -1.35. The minimum atomic E-state index is -2.82. The predicted molar refractivity (Wildman–Crippen MR) is 104 cm³/mol. The fraction of sp³-hybridized carbons (Fsp3) is 0.381. The summed E-state index contributed by atoms with van der Waals surface area (Å²) >= 11 is 0. The first-order valence-electron chi connectivity index (χ1n) is 9.62. The van der Waals surface area contributed by atoms with Crippen LogP contribution in [-0.2, 0) is 16.0 Å². The summed E-state index contributed by atoms with van der Waals surface area (Å²) in [5.74, 6) is -2.92. The third kappa shape index (κ3) is 4.43. The van der Waals surface area contributed by atoms with Gasteiger partial charge in [-0.25, -0.2) is 8.78 Å². The molecule has 2 heterocycles. The molecule has 9 heteroatoms. The summed E-state index contributed by atoms with van der Waals surface area (Å²) in [6, 6.07) is 7.00. The summed E-state index contributed by atoms with van der Waals surface area (Å²) < 4.78 is 25.8. The summed E-state index contributed by atoms with van der Waals surface area (Å²) in [5.41, 5.74) is 2.57. The molecule has 0 unspecified atom stereocenters. The van der Waals surface area contributed by atoms with E-state index in [1.165, 1.54) is 0 Å². The van der Waals surface area contributed by atoms with Gasteiger partial charge in [-0.2, -0.15) is 5.26 Å². The van der Waals surface area contributed by atoms with Crippen molar-refractivity contribution in [2.75, 3.05) is 25.0 Å². The second kappa shape index (κ2) is 7.78. The number of Topliss-reactive ketones (excluding diaryl/α,β-unsaturated/α-hetero) is 1. The van der Waals surface area contributed by atoms with Crippen molar-refractivity contribution in [2.24, 2.45) is 5.92 Å². The Morgan fingerprint density at radius 3 is 2.60 bits per heavy atom. The van der Waals surface area contributed by atoms with Crippen molar-refractivity contribution in [3.05, 3.63) is 41.9 Å². The summed E-state index contributed by atoms with van der Waals surface area (Å²) in [5, 5.41) is 12.2. The number of amides is 1. The lowest BCUT2D eigenvalue weighted by molar-refractivity contribution is -0.163. The minimum Gasteiger partial charge on any atom is -0.375 e. The SMILES string of the molecule is N#Cc1ccc(-c2cnc(CC(=O)C3CC3)cn2)cc1NCC(=O)N1CC(F)(F)C1. The molecular formula is C21H19F2N5O2. The molecule has 7 nitrogen and oxygen atoms in total. The first kappa shape index (κ1) is 19.9. The number of ketones is 1. The van der Waals surface area contributed by atoms with Gasteiger partial charge in [0.05, 0.1) is 54.9 Å². The number of carbonyl (C=O) groups excluding carboxylic acids is 2. The molecule has 2 aliphatic rings. The molecule has 2 fully saturated rings. The zero-order valence-corrected chi connectivity index (χ0v) is 16.1. The molecule has 0 radical (unpaired) electrons. The van der Waals surface area contributed by atoms with Crippen LogP contribution < -0.4 is 5.32 Å². The molecule has 1 saturated carbocycles. The lowest BCUT2D eigenvalue weighted by atomic mass is 10.1. The maximum Gasteiger partial charge on any atom is 0.282 e. The molecule has 4 rings (SSSR count). The van der Waals surface area contributed by atoms with Crippen LogP contribution in [0.15, 0.2) is 30.6 Å². The van der Waals surface area contributed by atoms with Crippen molar-refractivity contribution in [3.63, 3.8) is 0 Å². The number of halogens is 2. The van der Waals surface area contributed by atoms with E-state index in [4.69, 9.17) is 0 Å². The van der Waals surface area contributed by atoms with E-state index in [-0.39, 0.29) is 24.7 Å². The first-order chi connectivity index (χ1) is 14.3. The van der Waals surface area contributed by atoms with Crippen molar-refractivity contribution < 1.29 is 18.4 Å². The van der Waals surface area contributed by atoms with Crippen LogP contribution in [-0.4, -0.2) is 52.1 Å². The third-order valence-electron chi connectivity index (χ3n) is 5.16. The Morgan fingerprint density at radius 1 is 1.23 bits per heavy atom. The van der Waals surface area contributed by atoms with E-state index in [1.807, 2.05) is 6.07 Å². The van der Waals surface area contributed by atoms with E-state index >= 15 is 0 Å². The predicted octanol–water partition coefficient (Wildman–Crippen LogP) is 2.43. The maximum atomic E-state index is 12.9. The smallest absolute Gasteiger partial charge is 0.282 e. The number of likely N-dealkylation sites (tertiary alicyclic amines) is 1. The zero-order chi connectivity index (χ0) is 21.3. The standard InChI is InChI=1S/C21H19F2N5O2/c22-21(23)11-28(12-21)20(30)10-27-17-5-14(3-4-15(17)7-24)18-9-25-16(8-26-18)6-19(29)13-1-2-13/h3-5,8-9,13,27H,1-2,6,10-12H2. The monoisotopic (exact) mass is 411 g/mol. The van der Waals surface area contributed by atoms with Crippen molar-refractivity contribution in [2.45, 2.75) is 25.2 Å². The number of aromatic nitrogens is 2. The molecule has 0 bridgehead atoms. The van der Waals surface area contributed by atoms with E-state index in [1.54, 1.807) is 30.6 Å². The fourth-order valence-electron chi connectivity index (χ4n) is 3.24. The molecule has 0 atom stereocenters. The summed E-state index contributed by atoms with van der Waals surface area (Å²) in [4.78, 5) is 33.6. The van der Waals surface area contributed by atoms with E-state index < -0.39 is 24.9 Å². The highest BCUT2D eigenvalue weighted by atomic mass is 19.3. The van der Waals surface area contributed by atoms with Gasteiger partial charge in [-0.05, 0) is 25.0 Å². The Balaban J connectivity index is 1.43. The number of benzene rings is 1. The number of nitrogens with one attached hydrogen (secondary N) is 1. The number of hydrogen-bond donors (Lipinski definition) is 1. The van der Waals surface area contributed by atoms with Gasteiger partial charge in [0.2, 0.25) is 5.91 Å². The van der Waals surface area contributed by atoms with Crippen LogP contribution in [0, 0.1) is 17.2 Å². The number of nitrogens with zero attached hydrogens (tertiary/aromatic N) is 4. The van der Waals surface area contributed by atoms with Crippen molar-refractivity contribution in [1.82, 2.24) is 14.9 Å². The Kier molecular flexibility index (Phi) is 5.16. The Morgan fingerprint density at radius 2 is 2.00 bits per heavy atom. The second-order valence-corrected chi connectivity index (χ2v) is 7.64. The van der Waals surface area contributed by atoms with Gasteiger partial charge in [0, 0.05) is 17.7 Å². The molecule has 1 aromatic carbocycles. The van der Waals surface area contributed by atoms with Crippen LogP contribution in [0.5, 0.6) is 0 Å². The van der Waals surface area contributed by atoms with E-state index in [0.29, 0.717) is 28.2 Å². The van der Waals surface area contributed by atoms with Crippen molar-refractivity contribution >= 4 is 17.4 Å². The number of nitriles is 1. The third-order valence-corrected chi connectivity index (χ3v) is 5.16. The van der Waals surface area contributed by atoms with Crippen molar-refractivity contribution in [3.8, 4) is 17.3 Å². The highest BCUT2D eigenvalue weighted by molar-refractivity contribution is 5.85. The molecular weight excluding hydrogens is 392 g/mol. The summed E-state index contributed by atoms with van der Waals surface area (Å²) in [6.07, 6.45) is 5.31. The van der Waals surface area contributed by atoms with Gasteiger partial charge < -0.3 is 10.2 Å². The topological polar surface area (TPSA) is 99.0 Å². The normalized spacial score (nSPS) is 17.0. The van der Waals surface area contributed by atoms with Crippen molar-refractivity contribution in [1.29, 1.82) is 5.26 Å². The number of carbonyl (C=O) groups is 2. The van der Waals surface area contributed by atoms with Crippen LogP contribution in [0.1, 0.15) is 24.1 Å². The van der Waals surface area contributed by atoms with E-state index in [0.717, 1.165) is 17.7 Å². The molecule has 30 heavy (non-hydrogen) atoms. The first-order valence-corrected chi connectivity index (χ1v) is 9.62. The lowest BCUT2D eigenvalue weighted by Crippen LogP contribution is -2.59. The van der Waals surface area contributed by atoms with E-state index in [2.05, 4.69) is 15.3 Å². The molecule has 2 aromatic rings. The largest absolute Gasteiger partial charge is 0.375 e. The van der Waals surface area contributed by atoms with Crippen LogP contribution in [0.3, 0.4) is 0 Å². The number of alkyl halides is 2. The van der Waals surface area contributed by atoms with Gasteiger partial charge in [-0.1, -0.05) is 6.07 Å². The number of hydrogen-bond acceptors (Lipinski definition) is 6. The van der Waals surface area contributed by atoms with Gasteiger partial charge in [-0.3, -0.25) is 19.6 Å². The highest BCUT2D eigenvalue weighted by Gasteiger charge is 2.45. The average molecular weight is 411 g/mol. The van der Waals surface area contributed by atoms with Crippen LogP contribution in [0.2, 0.25) is 0 Å². The average Bonchev–Trinajstić information content (AvgIpc) is 3.56. The molecule has 154 valence electrons. The minimum absolute atomic E-state index is 0.170. The fourth-order valence-corrected chi connectivity index (χ4v) is 3.24. The van der Waals surface area contributed by atoms with Gasteiger partial charge in [0.25, 0.3) is 5.92 Å². The summed E-state index contributed by atoms with van der Waals surface area (Å²) in [7, 11) is 0. The van der Waals surface area contributed by atoms with Gasteiger partial charge in [-0.15, -0.1) is 0 Å². The molecule has 1 aliphatic carbocycles. The molecule has 1 N–H and O–H groups in total. The molecule has 0 spiro atoms. The Hall–Kier alpha value is -3.41. The second-order valence-electron chi connectivity index (χ2n) is 7.64. The quantitative estimate of drug-likeness (QED) is 0.751. The zero-order valence-electron chi connectivity index (χ0n) is 16.1.